The van der Waals surface area contributed by atoms with Gasteiger partial charge in [0.25, 0.3) is 0 Å². The van der Waals surface area contributed by atoms with Crippen LogP contribution in [0.15, 0.2) is 60.8 Å². The molecule has 2 aromatic carbocycles. The fraction of sp³-hybridized carbons (Fsp3) is 0.528. The fourth-order valence-electron chi connectivity index (χ4n) is 5.53. The van der Waals surface area contributed by atoms with Crippen LogP contribution in [0.2, 0.25) is 0 Å². The van der Waals surface area contributed by atoms with Gasteiger partial charge >= 0.3 is 16.8 Å². The minimum absolute atomic E-state index is 0. The summed E-state index contributed by atoms with van der Waals surface area (Å²) < 4.78 is 0. The molecule has 0 bridgehead atoms. The van der Waals surface area contributed by atoms with Gasteiger partial charge in [0.15, 0.2) is 0 Å². The zero-order chi connectivity index (χ0) is 29.1. The van der Waals surface area contributed by atoms with Gasteiger partial charge in [-0.2, -0.15) is 0 Å². The molecule has 1 heterocycles. The van der Waals surface area contributed by atoms with Gasteiger partial charge in [0.2, 0.25) is 0 Å². The standard InChI is InChI=1S/C36H54N4.2ClH.Co/c1-26(2)31-16-11-17-32(27(3)4)35(31)38-21-13-23-40(25-30-15-9-10-20-37-30)24-14-22-39-36-33(28(5)6)18-12-19-34(36)29(7)8;;;/h9-12,15-20,26-29,38-39H,13-14,21-25H2,1-8H3;2*1H;/q;;;+2/p-2. The molecule has 1 radical (unpaired) electrons. The summed E-state index contributed by atoms with van der Waals surface area (Å²) in [6, 6.07) is 19.8. The number of rotatable bonds is 16. The molecule has 241 valence electrons. The normalized spacial score (nSPS) is 11.0. The van der Waals surface area contributed by atoms with Crippen LogP contribution >= 0.6 is 0 Å². The SMILES string of the molecule is CC(C)c1cccc(C(C)C)c1NCCCN(CCCNc1c(C(C)C)cccc1C(C)C)Cc1ccccn1.[Cl-].[Cl-].[Co+2]. The molecule has 43 heavy (non-hydrogen) atoms. The molecule has 0 saturated carbocycles. The third-order valence-electron chi connectivity index (χ3n) is 7.76. The van der Waals surface area contributed by atoms with Crippen LogP contribution in [0.3, 0.4) is 0 Å². The number of hydrogen-bond acceptors (Lipinski definition) is 4. The molecule has 2 N–H and O–H groups in total. The van der Waals surface area contributed by atoms with E-state index in [0.29, 0.717) is 23.7 Å². The first-order valence-electron chi connectivity index (χ1n) is 15.5. The van der Waals surface area contributed by atoms with Crippen LogP contribution in [0.1, 0.15) is 120 Å². The van der Waals surface area contributed by atoms with E-state index < -0.39 is 0 Å². The van der Waals surface area contributed by atoms with Crippen LogP contribution in [0.5, 0.6) is 0 Å². The molecule has 4 nitrogen and oxygen atoms in total. The van der Waals surface area contributed by atoms with E-state index in [2.05, 4.69) is 124 Å². The van der Waals surface area contributed by atoms with Crippen LogP contribution in [-0.4, -0.2) is 36.1 Å². The van der Waals surface area contributed by atoms with E-state index >= 15 is 0 Å². The first-order chi connectivity index (χ1) is 19.2. The van der Waals surface area contributed by atoms with Crippen LogP contribution in [0.4, 0.5) is 11.4 Å². The number of para-hydroxylation sites is 2. The van der Waals surface area contributed by atoms with Crippen molar-refractivity contribution in [3.63, 3.8) is 0 Å². The topological polar surface area (TPSA) is 40.2 Å². The minimum Gasteiger partial charge on any atom is -1.00 e. The van der Waals surface area contributed by atoms with Crippen molar-refractivity contribution < 1.29 is 41.6 Å². The fourth-order valence-corrected chi connectivity index (χ4v) is 5.53. The van der Waals surface area contributed by atoms with Crippen molar-refractivity contribution in [3.8, 4) is 0 Å². The number of aromatic nitrogens is 1. The van der Waals surface area contributed by atoms with Crippen molar-refractivity contribution in [2.45, 2.75) is 98.4 Å². The molecule has 0 amide bonds. The number of hydrogen-bond donors (Lipinski definition) is 2. The second-order valence-electron chi connectivity index (χ2n) is 12.4. The maximum atomic E-state index is 4.62. The predicted octanol–water partition coefficient (Wildman–Crippen LogP) is 3.39. The Morgan fingerprint density at radius 3 is 1.30 bits per heavy atom. The Labute approximate surface area is 285 Å². The smallest absolute Gasteiger partial charge is 1.00 e. The Hall–Kier alpha value is -1.76. The van der Waals surface area contributed by atoms with Crippen LogP contribution in [0, 0.1) is 0 Å². The maximum Gasteiger partial charge on any atom is 2.00 e. The van der Waals surface area contributed by atoms with E-state index in [1.54, 1.807) is 0 Å². The molecule has 0 unspecified atom stereocenters. The molecular weight excluding hydrogens is 618 g/mol. The first kappa shape index (κ1) is 41.2. The first-order valence-corrected chi connectivity index (χ1v) is 15.5. The van der Waals surface area contributed by atoms with Gasteiger partial charge in [-0.3, -0.25) is 9.88 Å². The molecule has 7 heteroatoms. The van der Waals surface area contributed by atoms with Gasteiger partial charge in [0.05, 0.1) is 5.69 Å². The van der Waals surface area contributed by atoms with Gasteiger partial charge in [-0.25, -0.2) is 0 Å². The third-order valence-corrected chi connectivity index (χ3v) is 7.76. The molecule has 3 aromatic rings. The number of pyridine rings is 1. The molecule has 0 aliphatic rings. The van der Waals surface area contributed by atoms with E-state index in [4.69, 9.17) is 0 Å². The van der Waals surface area contributed by atoms with E-state index in [1.807, 2.05) is 12.3 Å². The van der Waals surface area contributed by atoms with Crippen LogP contribution in [-0.2, 0) is 23.3 Å². The van der Waals surface area contributed by atoms with Gasteiger partial charge in [-0.05, 0) is 70.9 Å². The predicted molar refractivity (Wildman–Crippen MR) is 175 cm³/mol. The van der Waals surface area contributed by atoms with Crippen LogP contribution < -0.4 is 35.4 Å². The summed E-state index contributed by atoms with van der Waals surface area (Å²) in [5.74, 6) is 2.02. The molecule has 1 aromatic heterocycles. The molecule has 0 saturated heterocycles. The Morgan fingerprint density at radius 1 is 0.581 bits per heavy atom. The van der Waals surface area contributed by atoms with Gasteiger partial charge in [-0.15, -0.1) is 0 Å². The van der Waals surface area contributed by atoms with E-state index in [9.17, 15) is 0 Å². The quantitative estimate of drug-likeness (QED) is 0.229. The Balaban J connectivity index is 0.00000588. The summed E-state index contributed by atoms with van der Waals surface area (Å²) in [4.78, 5) is 7.19. The number of halogens is 2. The van der Waals surface area contributed by atoms with Crippen molar-refractivity contribution in [1.82, 2.24) is 9.88 Å². The Kier molecular flexibility index (Phi) is 20.2. The van der Waals surface area contributed by atoms with Gasteiger partial charge in [0, 0.05) is 50.3 Å². The molecule has 0 aliphatic heterocycles. The third kappa shape index (κ3) is 12.6. The van der Waals surface area contributed by atoms with Crippen molar-refractivity contribution in [1.29, 1.82) is 0 Å². The second kappa shape index (κ2) is 21.1. The molecular formula is C36H54Cl2CoN4. The van der Waals surface area contributed by atoms with E-state index in [0.717, 1.165) is 51.3 Å². The number of benzene rings is 2. The summed E-state index contributed by atoms with van der Waals surface area (Å²) in [5, 5.41) is 7.66. The molecule has 3 rings (SSSR count). The zero-order valence-corrected chi connectivity index (χ0v) is 30.1. The number of nitrogens with one attached hydrogen (secondary N) is 2. The van der Waals surface area contributed by atoms with Gasteiger partial charge < -0.3 is 35.4 Å². The molecule has 0 aliphatic carbocycles. The average molecular weight is 673 g/mol. The van der Waals surface area contributed by atoms with Crippen molar-refractivity contribution in [2.75, 3.05) is 36.8 Å². The van der Waals surface area contributed by atoms with E-state index in [1.165, 1.54) is 33.6 Å². The summed E-state index contributed by atoms with van der Waals surface area (Å²) in [7, 11) is 0. The molecule has 0 fully saturated rings. The maximum absolute atomic E-state index is 4.62. The second-order valence-corrected chi connectivity index (χ2v) is 12.4. The summed E-state index contributed by atoms with van der Waals surface area (Å²) in [6.45, 7) is 23.2. The van der Waals surface area contributed by atoms with Gasteiger partial charge in [0.1, 0.15) is 0 Å². The molecule has 0 atom stereocenters. The summed E-state index contributed by atoms with van der Waals surface area (Å²) in [5.41, 5.74) is 9.52. The van der Waals surface area contributed by atoms with Gasteiger partial charge in [-0.1, -0.05) is 97.9 Å². The monoisotopic (exact) mass is 671 g/mol. The molecule has 0 spiro atoms. The minimum atomic E-state index is 0. The average Bonchev–Trinajstić information content (AvgIpc) is 2.93. The summed E-state index contributed by atoms with van der Waals surface area (Å²) >= 11 is 0. The van der Waals surface area contributed by atoms with Crippen molar-refractivity contribution in [3.05, 3.63) is 88.7 Å². The largest absolute Gasteiger partial charge is 2.00 e. The Morgan fingerprint density at radius 2 is 0.977 bits per heavy atom. The number of anilines is 2. The number of nitrogens with zero attached hydrogens (tertiary/aromatic N) is 2. The van der Waals surface area contributed by atoms with E-state index in [-0.39, 0.29) is 41.6 Å². The Bertz CT molecular complexity index is 1050. The summed E-state index contributed by atoms with van der Waals surface area (Å²) in [6.07, 6.45) is 4.10. The van der Waals surface area contributed by atoms with Crippen molar-refractivity contribution >= 4 is 11.4 Å². The van der Waals surface area contributed by atoms with Crippen LogP contribution in [0.25, 0.3) is 0 Å². The zero-order valence-electron chi connectivity index (χ0n) is 27.5. The van der Waals surface area contributed by atoms with Crippen molar-refractivity contribution in [2.24, 2.45) is 0 Å².